The Morgan fingerprint density at radius 3 is 3.00 bits per heavy atom. The summed E-state index contributed by atoms with van der Waals surface area (Å²) in [4.78, 5) is 4.01. The van der Waals surface area contributed by atoms with Crippen molar-refractivity contribution >= 4 is 21.4 Å². The van der Waals surface area contributed by atoms with Crippen molar-refractivity contribution in [2.45, 2.75) is 12.5 Å². The van der Waals surface area contributed by atoms with Crippen LogP contribution in [-0.2, 0) is 6.42 Å². The third-order valence-electron chi connectivity index (χ3n) is 3.37. The predicted octanol–water partition coefficient (Wildman–Crippen LogP) is 3.58. The molecule has 1 atom stereocenters. The van der Waals surface area contributed by atoms with Gasteiger partial charge in [0.1, 0.15) is 5.75 Å². The molecule has 1 unspecified atom stereocenters. The highest BCUT2D eigenvalue weighted by molar-refractivity contribution is 7.17. The SMILES string of the molecule is COc1cnccc1C(O)Cc1csc2ccccc12. The maximum absolute atomic E-state index is 10.5. The smallest absolute Gasteiger partial charge is 0.142 e. The van der Waals surface area contributed by atoms with Gasteiger partial charge >= 0.3 is 0 Å². The van der Waals surface area contributed by atoms with E-state index in [-0.39, 0.29) is 0 Å². The van der Waals surface area contributed by atoms with E-state index in [1.807, 2.05) is 12.1 Å². The number of benzene rings is 1. The number of aliphatic hydroxyl groups is 1. The van der Waals surface area contributed by atoms with Crippen LogP contribution in [0, 0.1) is 0 Å². The van der Waals surface area contributed by atoms with Crippen LogP contribution in [-0.4, -0.2) is 17.2 Å². The number of methoxy groups -OCH3 is 1. The summed E-state index contributed by atoms with van der Waals surface area (Å²) in [7, 11) is 1.59. The molecule has 0 radical (unpaired) electrons. The Kier molecular flexibility index (Phi) is 3.67. The number of nitrogens with zero attached hydrogens (tertiary/aromatic N) is 1. The first-order valence-electron chi connectivity index (χ1n) is 6.40. The Hall–Kier alpha value is -1.91. The third-order valence-corrected chi connectivity index (χ3v) is 4.38. The van der Waals surface area contributed by atoms with Crippen LogP contribution in [0.2, 0.25) is 0 Å². The van der Waals surface area contributed by atoms with Crippen LogP contribution in [0.25, 0.3) is 10.1 Å². The Morgan fingerprint density at radius 2 is 2.15 bits per heavy atom. The van der Waals surface area contributed by atoms with E-state index >= 15 is 0 Å². The second-order valence-corrected chi connectivity index (χ2v) is 5.51. The maximum Gasteiger partial charge on any atom is 0.142 e. The molecule has 3 rings (SSSR count). The molecule has 2 aromatic heterocycles. The van der Waals surface area contributed by atoms with Gasteiger partial charge in [0, 0.05) is 22.9 Å². The van der Waals surface area contributed by atoms with Gasteiger partial charge in [-0.3, -0.25) is 4.98 Å². The molecule has 0 amide bonds. The highest BCUT2D eigenvalue weighted by Gasteiger charge is 2.15. The molecule has 2 heterocycles. The number of pyridine rings is 1. The lowest BCUT2D eigenvalue weighted by Gasteiger charge is -2.13. The van der Waals surface area contributed by atoms with Gasteiger partial charge in [-0.25, -0.2) is 0 Å². The number of rotatable bonds is 4. The number of hydrogen-bond acceptors (Lipinski definition) is 4. The Morgan fingerprint density at radius 1 is 1.30 bits per heavy atom. The van der Waals surface area contributed by atoms with Gasteiger partial charge in [0.25, 0.3) is 0 Å². The second kappa shape index (κ2) is 5.61. The molecule has 20 heavy (non-hydrogen) atoms. The van der Waals surface area contributed by atoms with Gasteiger partial charge in [0.05, 0.1) is 19.4 Å². The molecular formula is C16H15NO2S. The minimum Gasteiger partial charge on any atom is -0.495 e. The molecule has 0 saturated heterocycles. The van der Waals surface area contributed by atoms with Crippen molar-refractivity contribution in [3.8, 4) is 5.75 Å². The first-order valence-corrected chi connectivity index (χ1v) is 7.28. The van der Waals surface area contributed by atoms with Crippen LogP contribution in [0.1, 0.15) is 17.2 Å². The van der Waals surface area contributed by atoms with E-state index in [9.17, 15) is 5.11 Å². The number of fused-ring (bicyclic) bond motifs is 1. The van der Waals surface area contributed by atoms with Crippen molar-refractivity contribution in [3.63, 3.8) is 0 Å². The van der Waals surface area contributed by atoms with Gasteiger partial charge in [0.15, 0.2) is 0 Å². The number of hydrogen-bond donors (Lipinski definition) is 1. The topological polar surface area (TPSA) is 42.4 Å². The Balaban J connectivity index is 1.90. The fraction of sp³-hybridized carbons (Fsp3) is 0.188. The van der Waals surface area contributed by atoms with Crippen molar-refractivity contribution in [1.29, 1.82) is 0 Å². The zero-order valence-corrected chi connectivity index (χ0v) is 11.9. The second-order valence-electron chi connectivity index (χ2n) is 4.59. The molecule has 0 bridgehead atoms. The van der Waals surface area contributed by atoms with Gasteiger partial charge < -0.3 is 9.84 Å². The average Bonchev–Trinajstić information content (AvgIpc) is 2.90. The van der Waals surface area contributed by atoms with Gasteiger partial charge in [0.2, 0.25) is 0 Å². The summed E-state index contributed by atoms with van der Waals surface area (Å²) >= 11 is 1.71. The molecule has 3 nitrogen and oxygen atoms in total. The average molecular weight is 285 g/mol. The predicted molar refractivity (Wildman–Crippen MR) is 81.3 cm³/mol. The molecule has 0 saturated carbocycles. The lowest BCUT2D eigenvalue weighted by molar-refractivity contribution is 0.174. The van der Waals surface area contributed by atoms with Crippen LogP contribution in [0.15, 0.2) is 48.1 Å². The molecule has 0 aliphatic carbocycles. The van der Waals surface area contributed by atoms with Gasteiger partial charge in [-0.05, 0) is 28.5 Å². The summed E-state index contributed by atoms with van der Waals surface area (Å²) in [5, 5.41) is 13.8. The quantitative estimate of drug-likeness (QED) is 0.796. The maximum atomic E-state index is 10.5. The van der Waals surface area contributed by atoms with Crippen LogP contribution in [0.3, 0.4) is 0 Å². The molecule has 0 fully saturated rings. The summed E-state index contributed by atoms with van der Waals surface area (Å²) in [5.41, 5.74) is 1.94. The van der Waals surface area contributed by atoms with Crippen LogP contribution >= 0.6 is 11.3 Å². The number of aromatic nitrogens is 1. The van der Waals surface area contributed by atoms with E-state index < -0.39 is 6.10 Å². The standard InChI is InChI=1S/C16H15NO2S/c1-19-15-9-17-7-6-13(15)14(18)8-11-10-20-16-5-3-2-4-12(11)16/h2-7,9-10,14,18H,8H2,1H3. The van der Waals surface area contributed by atoms with E-state index in [0.717, 1.165) is 11.1 Å². The van der Waals surface area contributed by atoms with Crippen molar-refractivity contribution in [2.75, 3.05) is 7.11 Å². The van der Waals surface area contributed by atoms with Crippen molar-refractivity contribution in [1.82, 2.24) is 4.98 Å². The molecule has 4 heteroatoms. The van der Waals surface area contributed by atoms with Crippen LogP contribution in [0.5, 0.6) is 5.75 Å². The van der Waals surface area contributed by atoms with E-state index in [4.69, 9.17) is 4.74 Å². The van der Waals surface area contributed by atoms with Crippen LogP contribution in [0.4, 0.5) is 0 Å². The summed E-state index contributed by atoms with van der Waals surface area (Å²) < 4.78 is 6.50. The highest BCUT2D eigenvalue weighted by Crippen LogP contribution is 2.31. The lowest BCUT2D eigenvalue weighted by atomic mass is 10.0. The summed E-state index contributed by atoms with van der Waals surface area (Å²) in [6.07, 6.45) is 3.28. The Labute approximate surface area is 121 Å². The monoisotopic (exact) mass is 285 g/mol. The minimum absolute atomic E-state index is 0.574. The first-order chi connectivity index (χ1) is 9.79. The summed E-state index contributed by atoms with van der Waals surface area (Å²) in [6.45, 7) is 0. The fourth-order valence-electron chi connectivity index (χ4n) is 2.35. The molecule has 0 aliphatic rings. The van der Waals surface area contributed by atoms with Gasteiger partial charge in [-0.1, -0.05) is 18.2 Å². The molecule has 102 valence electrons. The van der Waals surface area contributed by atoms with Gasteiger partial charge in [-0.2, -0.15) is 0 Å². The highest BCUT2D eigenvalue weighted by atomic mass is 32.1. The van der Waals surface area contributed by atoms with E-state index in [1.165, 1.54) is 10.1 Å². The number of ether oxygens (including phenoxy) is 1. The number of aliphatic hydroxyl groups excluding tert-OH is 1. The molecule has 1 aromatic carbocycles. The largest absolute Gasteiger partial charge is 0.495 e. The lowest BCUT2D eigenvalue weighted by Crippen LogP contribution is -2.04. The van der Waals surface area contributed by atoms with Crippen molar-refractivity contribution < 1.29 is 9.84 Å². The van der Waals surface area contributed by atoms with Gasteiger partial charge in [-0.15, -0.1) is 11.3 Å². The molecule has 1 N–H and O–H groups in total. The first kappa shape index (κ1) is 13.1. The zero-order valence-electron chi connectivity index (χ0n) is 11.1. The van der Waals surface area contributed by atoms with Crippen molar-refractivity contribution in [2.24, 2.45) is 0 Å². The molecule has 0 spiro atoms. The van der Waals surface area contributed by atoms with E-state index in [2.05, 4.69) is 22.5 Å². The van der Waals surface area contributed by atoms with E-state index in [1.54, 1.807) is 36.9 Å². The Bertz CT molecular complexity index is 723. The fourth-order valence-corrected chi connectivity index (χ4v) is 3.32. The molecule has 0 aliphatic heterocycles. The minimum atomic E-state index is -0.592. The molecular weight excluding hydrogens is 270 g/mol. The van der Waals surface area contributed by atoms with E-state index in [0.29, 0.717) is 12.2 Å². The summed E-state index contributed by atoms with van der Waals surface area (Å²) in [5.74, 6) is 0.625. The number of thiophene rings is 1. The summed E-state index contributed by atoms with van der Waals surface area (Å²) in [6, 6.07) is 10.1. The van der Waals surface area contributed by atoms with Crippen molar-refractivity contribution in [3.05, 3.63) is 59.2 Å². The third kappa shape index (κ3) is 2.40. The molecule has 3 aromatic rings. The zero-order chi connectivity index (χ0) is 13.9. The normalized spacial score (nSPS) is 12.5. The van der Waals surface area contributed by atoms with Crippen LogP contribution < -0.4 is 4.74 Å².